The van der Waals surface area contributed by atoms with Crippen molar-refractivity contribution in [3.63, 3.8) is 0 Å². The molecule has 31 heavy (non-hydrogen) atoms. The van der Waals surface area contributed by atoms with Gasteiger partial charge in [0.15, 0.2) is 12.1 Å². The van der Waals surface area contributed by atoms with Crippen LogP contribution in [0.15, 0.2) is 30.3 Å². The lowest BCUT2D eigenvalue weighted by Crippen LogP contribution is -2.61. The van der Waals surface area contributed by atoms with Crippen molar-refractivity contribution in [1.82, 2.24) is 15.1 Å². The molecule has 1 aromatic carbocycles. The maximum Gasteiger partial charge on any atom is 0.217 e. The van der Waals surface area contributed by atoms with E-state index in [4.69, 9.17) is 5.73 Å². The van der Waals surface area contributed by atoms with Gasteiger partial charge in [-0.2, -0.15) is 0 Å². The first-order chi connectivity index (χ1) is 14.4. The number of nitrogens with zero attached hydrogens (tertiary/aromatic N) is 2. The van der Waals surface area contributed by atoms with Gasteiger partial charge >= 0.3 is 0 Å². The normalized spacial score (nSPS) is 21.5. The van der Waals surface area contributed by atoms with E-state index < -0.39 is 12.3 Å². The lowest BCUT2D eigenvalue weighted by atomic mass is 9.84. The fourth-order valence-electron chi connectivity index (χ4n) is 4.86. The number of carbonyl (C=O) groups excluding carboxylic acids is 2. The molecule has 0 saturated carbocycles. The first-order valence-corrected chi connectivity index (χ1v) is 11.1. The van der Waals surface area contributed by atoms with Crippen LogP contribution in [-0.4, -0.2) is 72.1 Å². The first kappa shape index (κ1) is 25.7. The number of Topliss-reactive ketones (excluding diaryl/α,β-unsaturated/α-hetero) is 1. The second-order valence-electron chi connectivity index (χ2n) is 8.67. The van der Waals surface area contributed by atoms with Crippen LogP contribution in [0, 0.1) is 0 Å². The van der Waals surface area contributed by atoms with Gasteiger partial charge in [-0.3, -0.25) is 19.4 Å². The number of halogens is 2. The van der Waals surface area contributed by atoms with Gasteiger partial charge in [-0.25, -0.2) is 4.39 Å². The number of likely N-dealkylation sites (tertiary alicyclic amines) is 2. The molecule has 6 nitrogen and oxygen atoms in total. The second-order valence-corrected chi connectivity index (χ2v) is 8.67. The predicted octanol–water partition coefficient (Wildman–Crippen LogP) is 2.76. The molecule has 2 heterocycles. The van der Waals surface area contributed by atoms with Crippen molar-refractivity contribution >= 4 is 24.1 Å². The van der Waals surface area contributed by atoms with Crippen LogP contribution in [0.25, 0.3) is 0 Å². The number of hydrogen-bond acceptors (Lipinski definition) is 5. The third-order valence-electron chi connectivity index (χ3n) is 6.71. The lowest BCUT2D eigenvalue weighted by molar-refractivity contribution is -0.119. The second kappa shape index (κ2) is 11.9. The smallest absolute Gasteiger partial charge is 0.217 e. The van der Waals surface area contributed by atoms with E-state index in [-0.39, 0.29) is 36.1 Å². The maximum atomic E-state index is 15.2. The highest BCUT2D eigenvalue weighted by Gasteiger charge is 2.41. The van der Waals surface area contributed by atoms with Gasteiger partial charge in [-0.15, -0.1) is 12.4 Å². The van der Waals surface area contributed by atoms with Crippen molar-refractivity contribution in [2.75, 3.05) is 32.7 Å². The average molecular weight is 455 g/mol. The minimum Gasteiger partial charge on any atom is -0.346 e. The van der Waals surface area contributed by atoms with Crippen LogP contribution in [0.2, 0.25) is 0 Å². The average Bonchev–Trinajstić information content (AvgIpc) is 2.79. The minimum absolute atomic E-state index is 0. The molecule has 0 aromatic heterocycles. The van der Waals surface area contributed by atoms with Crippen molar-refractivity contribution < 1.29 is 14.0 Å². The highest BCUT2D eigenvalue weighted by molar-refractivity contribution is 6.01. The van der Waals surface area contributed by atoms with E-state index in [1.165, 1.54) is 26.2 Å². The molecule has 174 valence electrons. The number of nitrogens with one attached hydrogen (secondary N) is 1. The molecule has 0 spiro atoms. The Labute approximate surface area is 191 Å². The molecular weight excluding hydrogens is 419 g/mol. The molecule has 2 aliphatic rings. The Kier molecular flexibility index (Phi) is 9.88. The standard InChI is InChI=1S/C23H35FN4O2.ClH/c1-18(29)26-20(22(30)19-8-4-2-5-9-19)16-21(24)27-14-10-23(17-25,11-15-27)28-12-6-3-7-13-28;/h2,4-5,8-9,20-21H,3,6-7,10-17,25H2,1H3,(H,26,29);1H. The highest BCUT2D eigenvalue weighted by Crippen LogP contribution is 2.32. The molecule has 2 saturated heterocycles. The van der Waals surface area contributed by atoms with E-state index in [0.717, 1.165) is 25.9 Å². The fraction of sp³-hybridized carbons (Fsp3) is 0.652. The van der Waals surface area contributed by atoms with Crippen molar-refractivity contribution in [3.05, 3.63) is 35.9 Å². The molecule has 2 aliphatic heterocycles. The zero-order valence-electron chi connectivity index (χ0n) is 18.4. The van der Waals surface area contributed by atoms with Gasteiger partial charge in [0.1, 0.15) is 0 Å². The number of rotatable bonds is 8. The van der Waals surface area contributed by atoms with Crippen LogP contribution in [0.5, 0.6) is 0 Å². The summed E-state index contributed by atoms with van der Waals surface area (Å²) in [5.74, 6) is -0.586. The van der Waals surface area contributed by atoms with Crippen molar-refractivity contribution in [2.45, 2.75) is 63.3 Å². The van der Waals surface area contributed by atoms with Crippen molar-refractivity contribution in [2.24, 2.45) is 5.73 Å². The van der Waals surface area contributed by atoms with E-state index in [0.29, 0.717) is 25.2 Å². The molecule has 1 aromatic rings. The topological polar surface area (TPSA) is 78.7 Å². The Balaban J connectivity index is 0.00000341. The van der Waals surface area contributed by atoms with Crippen molar-refractivity contribution in [3.8, 4) is 0 Å². The van der Waals surface area contributed by atoms with Crippen LogP contribution in [0.3, 0.4) is 0 Å². The minimum atomic E-state index is -1.29. The van der Waals surface area contributed by atoms with Crippen LogP contribution >= 0.6 is 12.4 Å². The lowest BCUT2D eigenvalue weighted by Gasteiger charge is -2.50. The number of ketones is 1. The van der Waals surface area contributed by atoms with E-state index in [1.54, 1.807) is 29.2 Å². The van der Waals surface area contributed by atoms with Crippen LogP contribution in [-0.2, 0) is 4.79 Å². The van der Waals surface area contributed by atoms with Gasteiger partial charge in [0.25, 0.3) is 0 Å². The maximum absolute atomic E-state index is 15.2. The molecule has 0 bridgehead atoms. The monoisotopic (exact) mass is 454 g/mol. The van der Waals surface area contributed by atoms with Gasteiger partial charge in [0, 0.05) is 44.1 Å². The first-order valence-electron chi connectivity index (χ1n) is 11.1. The van der Waals surface area contributed by atoms with E-state index in [9.17, 15) is 9.59 Å². The molecule has 3 rings (SSSR count). The highest BCUT2D eigenvalue weighted by atomic mass is 35.5. The van der Waals surface area contributed by atoms with Gasteiger partial charge in [0.05, 0.1) is 6.04 Å². The van der Waals surface area contributed by atoms with E-state index in [2.05, 4.69) is 10.2 Å². The van der Waals surface area contributed by atoms with Crippen LogP contribution < -0.4 is 11.1 Å². The molecule has 2 fully saturated rings. The van der Waals surface area contributed by atoms with E-state index >= 15 is 4.39 Å². The molecular formula is C23H36ClFN4O2. The van der Waals surface area contributed by atoms with Gasteiger partial charge in [-0.05, 0) is 38.8 Å². The Bertz CT molecular complexity index is 707. The summed E-state index contributed by atoms with van der Waals surface area (Å²) in [6, 6.07) is 7.87. The van der Waals surface area contributed by atoms with Gasteiger partial charge in [-0.1, -0.05) is 36.8 Å². The largest absolute Gasteiger partial charge is 0.346 e. The fourth-order valence-corrected chi connectivity index (χ4v) is 4.86. The van der Waals surface area contributed by atoms with Crippen LogP contribution in [0.4, 0.5) is 4.39 Å². The summed E-state index contributed by atoms with van der Waals surface area (Å²) in [4.78, 5) is 28.8. The molecule has 0 aliphatic carbocycles. The summed E-state index contributed by atoms with van der Waals surface area (Å²) in [5, 5.41) is 2.64. The third kappa shape index (κ3) is 6.48. The molecule has 2 atom stereocenters. The SMILES string of the molecule is CC(=O)NC(CC(F)N1CCC(CN)(N2CCCCC2)CC1)C(=O)c1ccccc1.Cl. The Morgan fingerprint density at radius 1 is 1.10 bits per heavy atom. The summed E-state index contributed by atoms with van der Waals surface area (Å²) in [6.07, 6.45) is 4.02. The van der Waals surface area contributed by atoms with E-state index in [1.807, 2.05) is 6.07 Å². The van der Waals surface area contributed by atoms with Crippen molar-refractivity contribution in [1.29, 1.82) is 0 Å². The Morgan fingerprint density at radius 3 is 2.26 bits per heavy atom. The molecule has 0 radical (unpaired) electrons. The number of nitrogens with two attached hydrogens (primary N) is 1. The Morgan fingerprint density at radius 2 is 1.71 bits per heavy atom. The number of benzene rings is 1. The van der Waals surface area contributed by atoms with Crippen LogP contribution in [0.1, 0.15) is 55.8 Å². The summed E-state index contributed by atoms with van der Waals surface area (Å²) in [5.41, 5.74) is 6.63. The quantitative estimate of drug-likeness (QED) is 0.466. The molecule has 8 heteroatoms. The zero-order valence-corrected chi connectivity index (χ0v) is 19.2. The summed E-state index contributed by atoms with van der Waals surface area (Å²) >= 11 is 0. The number of carbonyl (C=O) groups is 2. The Hall–Kier alpha value is -1.54. The third-order valence-corrected chi connectivity index (χ3v) is 6.71. The molecule has 1 amide bonds. The van der Waals surface area contributed by atoms with Gasteiger partial charge < -0.3 is 11.1 Å². The summed E-state index contributed by atoms with van der Waals surface area (Å²) in [6.45, 7) is 5.33. The molecule has 3 N–H and O–H groups in total. The van der Waals surface area contributed by atoms with Gasteiger partial charge in [0.2, 0.25) is 5.91 Å². The number of amides is 1. The molecule has 2 unspecified atom stereocenters. The number of alkyl halides is 1. The summed E-state index contributed by atoms with van der Waals surface area (Å²) < 4.78 is 15.2. The summed E-state index contributed by atoms with van der Waals surface area (Å²) in [7, 11) is 0. The number of hydrogen-bond donors (Lipinski definition) is 2. The number of piperidine rings is 2. The zero-order chi connectivity index (χ0) is 21.6. The predicted molar refractivity (Wildman–Crippen MR) is 123 cm³/mol.